The molecule has 2 aromatic carbocycles. The molecule has 0 saturated carbocycles. The van der Waals surface area contributed by atoms with Gasteiger partial charge >= 0.3 is 0 Å². The summed E-state index contributed by atoms with van der Waals surface area (Å²) in [5.74, 6) is 0. The molecule has 2 rings (SSSR count). The molecule has 2 aromatic rings. The number of hydrogen-bond donors (Lipinski definition) is 1. The molecule has 0 bridgehead atoms. The van der Waals surface area contributed by atoms with Crippen molar-refractivity contribution in [1.82, 2.24) is 0 Å². The van der Waals surface area contributed by atoms with Crippen LogP contribution in [0.5, 0.6) is 0 Å². The van der Waals surface area contributed by atoms with Crippen molar-refractivity contribution in [1.29, 1.82) is 0 Å². The second-order valence-electron chi connectivity index (χ2n) is 6.40. The van der Waals surface area contributed by atoms with Gasteiger partial charge in [0.15, 0.2) is 0 Å². The molecule has 0 heterocycles. The van der Waals surface area contributed by atoms with Crippen molar-refractivity contribution in [3.05, 3.63) is 71.8 Å². The van der Waals surface area contributed by atoms with Crippen LogP contribution in [-0.2, 0) is 0 Å². The molecule has 3 heteroatoms. The molecule has 0 spiro atoms. The van der Waals surface area contributed by atoms with E-state index in [0.29, 0.717) is 6.54 Å². The third-order valence-electron chi connectivity index (χ3n) is 4.23. The zero-order valence-corrected chi connectivity index (χ0v) is 15.9. The summed E-state index contributed by atoms with van der Waals surface area (Å²) in [6, 6.07) is 20.8. The molecule has 0 aliphatic carbocycles. The lowest BCUT2D eigenvalue weighted by atomic mass is 9.99. The van der Waals surface area contributed by atoms with Gasteiger partial charge in [-0.1, -0.05) is 80.4 Å². The molecule has 0 amide bonds. The van der Waals surface area contributed by atoms with Crippen molar-refractivity contribution >= 4 is 11.4 Å². The fraction of sp³-hybridized carbons (Fsp3) is 0.391. The maximum Gasteiger partial charge on any atom is 0.0904 e. The molecular weight excluding hydrogens is 318 g/mol. The molecule has 0 saturated heterocycles. The number of unbranched alkanes of at least 4 members (excludes halogenated alkanes) is 3. The summed E-state index contributed by atoms with van der Waals surface area (Å²) in [4.78, 5) is 9.91. The van der Waals surface area contributed by atoms with Crippen molar-refractivity contribution in [3.63, 3.8) is 0 Å². The van der Waals surface area contributed by atoms with Gasteiger partial charge in [0.2, 0.25) is 0 Å². The quantitative estimate of drug-likeness (QED) is 0.455. The zero-order chi connectivity index (χ0) is 18.5. The summed E-state index contributed by atoms with van der Waals surface area (Å²) < 4.78 is 0. The Bertz CT molecular complexity index is 614. The lowest BCUT2D eigenvalue weighted by molar-refractivity contribution is 0.728. The first kappa shape index (κ1) is 20.1. The van der Waals surface area contributed by atoms with Crippen LogP contribution in [-0.4, -0.2) is 31.1 Å². The van der Waals surface area contributed by atoms with Crippen LogP contribution in [0.3, 0.4) is 0 Å². The van der Waals surface area contributed by atoms with Crippen LogP contribution in [0.1, 0.15) is 50.2 Å². The number of nitrogens with zero attached hydrogens (tertiary/aromatic N) is 2. The lowest BCUT2D eigenvalue weighted by Crippen LogP contribution is -2.19. The van der Waals surface area contributed by atoms with E-state index in [4.69, 9.17) is 15.7 Å². The third-order valence-corrected chi connectivity index (χ3v) is 4.23. The second kappa shape index (κ2) is 12.2. The van der Waals surface area contributed by atoms with E-state index in [1.54, 1.807) is 0 Å². The molecule has 2 N–H and O–H groups in total. The SMILES string of the molecule is CCCCC/N=C(/C(=N/CCCCN)c1ccccc1)c1ccccc1. The summed E-state index contributed by atoms with van der Waals surface area (Å²) in [5, 5.41) is 0. The fourth-order valence-electron chi connectivity index (χ4n) is 2.80. The molecule has 0 radical (unpaired) electrons. The number of aliphatic imine (C=N–C) groups is 2. The van der Waals surface area contributed by atoms with Gasteiger partial charge in [-0.2, -0.15) is 0 Å². The molecule has 0 fully saturated rings. The molecule has 0 unspecified atom stereocenters. The molecule has 26 heavy (non-hydrogen) atoms. The third kappa shape index (κ3) is 6.57. The van der Waals surface area contributed by atoms with E-state index in [1.807, 2.05) is 12.1 Å². The Balaban J connectivity index is 2.36. The first-order chi connectivity index (χ1) is 12.9. The zero-order valence-electron chi connectivity index (χ0n) is 15.9. The highest BCUT2D eigenvalue weighted by Crippen LogP contribution is 2.12. The largest absolute Gasteiger partial charge is 0.330 e. The van der Waals surface area contributed by atoms with Crippen LogP contribution >= 0.6 is 0 Å². The summed E-state index contributed by atoms with van der Waals surface area (Å²) in [5.41, 5.74) is 9.87. The van der Waals surface area contributed by atoms with E-state index < -0.39 is 0 Å². The van der Waals surface area contributed by atoms with Crippen LogP contribution in [0.2, 0.25) is 0 Å². The normalized spacial score (nSPS) is 12.4. The van der Waals surface area contributed by atoms with Crippen LogP contribution in [0.4, 0.5) is 0 Å². The second-order valence-corrected chi connectivity index (χ2v) is 6.40. The van der Waals surface area contributed by atoms with Crippen molar-refractivity contribution in [2.45, 2.75) is 39.0 Å². The monoisotopic (exact) mass is 349 g/mol. The maximum atomic E-state index is 5.63. The molecule has 0 aliphatic heterocycles. The van der Waals surface area contributed by atoms with Crippen LogP contribution in [0, 0.1) is 0 Å². The predicted molar refractivity (Wildman–Crippen MR) is 114 cm³/mol. The van der Waals surface area contributed by atoms with Gasteiger partial charge in [-0.3, -0.25) is 9.98 Å². The minimum atomic E-state index is 0.715. The van der Waals surface area contributed by atoms with Gasteiger partial charge in [-0.15, -0.1) is 0 Å². The highest BCUT2D eigenvalue weighted by molar-refractivity contribution is 6.53. The average molecular weight is 350 g/mol. The van der Waals surface area contributed by atoms with Crippen LogP contribution in [0.25, 0.3) is 0 Å². The van der Waals surface area contributed by atoms with Gasteiger partial charge in [0, 0.05) is 24.2 Å². The van der Waals surface area contributed by atoms with Crippen molar-refractivity contribution in [3.8, 4) is 0 Å². The summed E-state index contributed by atoms with van der Waals surface area (Å²) >= 11 is 0. The van der Waals surface area contributed by atoms with Crippen molar-refractivity contribution < 1.29 is 0 Å². The molecule has 0 aromatic heterocycles. The smallest absolute Gasteiger partial charge is 0.0904 e. The lowest BCUT2D eigenvalue weighted by Gasteiger charge is -2.12. The Hall–Kier alpha value is -2.26. The average Bonchev–Trinajstić information content (AvgIpc) is 2.70. The summed E-state index contributed by atoms with van der Waals surface area (Å²) in [7, 11) is 0. The Morgan fingerprint density at radius 1 is 0.692 bits per heavy atom. The number of rotatable bonds is 11. The van der Waals surface area contributed by atoms with Gasteiger partial charge in [0.1, 0.15) is 0 Å². The summed E-state index contributed by atoms with van der Waals surface area (Å²) in [6.07, 6.45) is 5.53. The topological polar surface area (TPSA) is 50.7 Å². The minimum absolute atomic E-state index is 0.715. The van der Waals surface area contributed by atoms with E-state index in [0.717, 1.165) is 54.9 Å². The highest BCUT2D eigenvalue weighted by Gasteiger charge is 2.13. The Labute approximate surface area is 158 Å². The predicted octanol–water partition coefficient (Wildman–Crippen LogP) is 4.89. The minimum Gasteiger partial charge on any atom is -0.330 e. The Morgan fingerprint density at radius 2 is 1.15 bits per heavy atom. The van der Waals surface area contributed by atoms with Gasteiger partial charge < -0.3 is 5.73 Å². The van der Waals surface area contributed by atoms with E-state index in [2.05, 4.69) is 55.5 Å². The number of hydrogen-bond acceptors (Lipinski definition) is 3. The van der Waals surface area contributed by atoms with Gasteiger partial charge in [0.25, 0.3) is 0 Å². The van der Waals surface area contributed by atoms with E-state index >= 15 is 0 Å². The van der Waals surface area contributed by atoms with Crippen molar-refractivity contribution in [2.24, 2.45) is 15.7 Å². The van der Waals surface area contributed by atoms with Crippen molar-refractivity contribution in [2.75, 3.05) is 19.6 Å². The van der Waals surface area contributed by atoms with Crippen LogP contribution < -0.4 is 5.73 Å². The van der Waals surface area contributed by atoms with Crippen LogP contribution in [0.15, 0.2) is 70.6 Å². The number of nitrogens with two attached hydrogens (primary N) is 1. The molecular formula is C23H31N3. The molecule has 0 atom stereocenters. The summed E-state index contributed by atoms with van der Waals surface area (Å²) in [6.45, 7) is 4.55. The molecule has 0 aliphatic rings. The Morgan fingerprint density at radius 3 is 1.58 bits per heavy atom. The maximum absolute atomic E-state index is 5.63. The van der Waals surface area contributed by atoms with Gasteiger partial charge in [0.05, 0.1) is 11.4 Å². The van der Waals surface area contributed by atoms with E-state index in [-0.39, 0.29) is 0 Å². The standard InChI is InChI=1S/C23H31N3/c1-2-3-11-18-25-22(20-13-6-4-7-14-20)23(26-19-12-10-17-24)21-15-8-5-9-16-21/h4-9,13-16H,2-3,10-12,17-19,24H2,1H3/b25-22+,26-23+. The highest BCUT2D eigenvalue weighted by atomic mass is 14.8. The van der Waals surface area contributed by atoms with Gasteiger partial charge in [-0.05, 0) is 25.8 Å². The van der Waals surface area contributed by atoms with Gasteiger partial charge in [-0.25, -0.2) is 0 Å². The van der Waals surface area contributed by atoms with E-state index in [9.17, 15) is 0 Å². The van der Waals surface area contributed by atoms with E-state index in [1.165, 1.54) is 12.8 Å². The Kier molecular flexibility index (Phi) is 9.37. The first-order valence-corrected chi connectivity index (χ1v) is 9.77. The first-order valence-electron chi connectivity index (χ1n) is 9.77. The molecule has 138 valence electrons. The number of benzene rings is 2. The fourth-order valence-corrected chi connectivity index (χ4v) is 2.80. The molecule has 3 nitrogen and oxygen atoms in total.